The van der Waals surface area contributed by atoms with Gasteiger partial charge in [0, 0.05) is 5.56 Å². The van der Waals surface area contributed by atoms with Crippen molar-refractivity contribution in [1.29, 1.82) is 0 Å². The molecule has 0 spiro atoms. The molecule has 114 valence electrons. The van der Waals surface area contributed by atoms with Gasteiger partial charge in [-0.15, -0.1) is 0 Å². The molecule has 0 unspecified atom stereocenters. The maximum absolute atomic E-state index is 11.8. The summed E-state index contributed by atoms with van der Waals surface area (Å²) in [6.45, 7) is 0. The molecule has 0 atom stereocenters. The van der Waals surface area contributed by atoms with E-state index in [1.165, 1.54) is 12.3 Å². The number of halogens is 1. The van der Waals surface area contributed by atoms with E-state index in [-0.39, 0.29) is 11.3 Å². The van der Waals surface area contributed by atoms with Gasteiger partial charge in [-0.1, -0.05) is 0 Å². The Kier molecular flexibility index (Phi) is 4.52. The summed E-state index contributed by atoms with van der Waals surface area (Å²) in [6.07, 6.45) is 1.35. The fourth-order valence-electron chi connectivity index (χ4n) is 1.57. The Hall–Kier alpha value is -2.74. The summed E-state index contributed by atoms with van der Waals surface area (Å²) in [7, 11) is 0. The van der Waals surface area contributed by atoms with E-state index >= 15 is 0 Å². The van der Waals surface area contributed by atoms with Crippen molar-refractivity contribution in [3.8, 4) is 23.0 Å². The molecule has 5 N–H and O–H groups in total. The molecule has 22 heavy (non-hydrogen) atoms. The summed E-state index contributed by atoms with van der Waals surface area (Å²) >= 11 is 3.15. The Balaban J connectivity index is 2.09. The van der Waals surface area contributed by atoms with Gasteiger partial charge in [-0.05, 0) is 51.8 Å². The molecule has 0 aliphatic carbocycles. The Morgan fingerprint density at radius 2 is 1.68 bits per heavy atom. The monoisotopic (exact) mass is 366 g/mol. The number of carbonyl (C=O) groups is 1. The summed E-state index contributed by atoms with van der Waals surface area (Å²) < 4.78 is 0.483. The van der Waals surface area contributed by atoms with Gasteiger partial charge in [-0.25, -0.2) is 5.43 Å². The molecule has 8 heteroatoms. The predicted molar refractivity (Wildman–Crippen MR) is 82.3 cm³/mol. The average Bonchev–Trinajstić information content (AvgIpc) is 2.47. The van der Waals surface area contributed by atoms with E-state index in [2.05, 4.69) is 26.5 Å². The molecule has 0 aromatic heterocycles. The molecule has 0 saturated carbocycles. The normalized spacial score (nSPS) is 10.8. The predicted octanol–water partition coefficient (Wildman–Crippen LogP) is 2.04. The van der Waals surface area contributed by atoms with Gasteiger partial charge in [-0.2, -0.15) is 5.10 Å². The Morgan fingerprint density at radius 3 is 2.27 bits per heavy atom. The minimum atomic E-state index is -0.700. The highest BCUT2D eigenvalue weighted by Gasteiger charge is 2.12. The lowest BCUT2D eigenvalue weighted by atomic mass is 10.2. The molecule has 2 aromatic rings. The summed E-state index contributed by atoms with van der Waals surface area (Å²) in [5.41, 5.74) is 2.76. The van der Waals surface area contributed by atoms with Crippen LogP contribution in [0, 0.1) is 0 Å². The topological polar surface area (TPSA) is 122 Å². The van der Waals surface area contributed by atoms with Crippen molar-refractivity contribution in [1.82, 2.24) is 5.43 Å². The minimum Gasteiger partial charge on any atom is -0.507 e. The number of phenols is 4. The van der Waals surface area contributed by atoms with Crippen LogP contribution in [-0.4, -0.2) is 32.5 Å². The molecule has 0 heterocycles. The molecule has 0 radical (unpaired) electrons. The van der Waals surface area contributed by atoms with Crippen LogP contribution < -0.4 is 5.43 Å². The van der Waals surface area contributed by atoms with Gasteiger partial charge in [-0.3, -0.25) is 4.79 Å². The third kappa shape index (κ3) is 3.47. The van der Waals surface area contributed by atoms with Crippen molar-refractivity contribution < 1.29 is 25.2 Å². The van der Waals surface area contributed by atoms with Crippen LogP contribution in [0.4, 0.5) is 0 Å². The molecular formula is C14H11BrN2O5. The number of nitrogens with one attached hydrogen (secondary N) is 1. The summed E-state index contributed by atoms with van der Waals surface area (Å²) in [5, 5.41) is 40.9. The zero-order valence-electron chi connectivity index (χ0n) is 11.0. The molecule has 0 fully saturated rings. The van der Waals surface area contributed by atoms with Crippen LogP contribution in [0.1, 0.15) is 15.9 Å². The summed E-state index contributed by atoms with van der Waals surface area (Å²) in [6, 6.07) is 6.65. The van der Waals surface area contributed by atoms with Gasteiger partial charge in [0.05, 0.1) is 10.7 Å². The zero-order chi connectivity index (χ0) is 16.3. The van der Waals surface area contributed by atoms with E-state index in [0.717, 1.165) is 12.1 Å². The first kappa shape index (κ1) is 15.6. The van der Waals surface area contributed by atoms with Crippen LogP contribution in [0.3, 0.4) is 0 Å². The number of aromatic hydroxyl groups is 4. The van der Waals surface area contributed by atoms with Gasteiger partial charge >= 0.3 is 0 Å². The standard InChI is InChI=1S/C14H11BrN2O5/c15-9-3-7(1-2-10(9)18)6-16-17-14(22)8-4-11(19)13(21)12(20)5-8/h1-6,18-21H,(H,17,22)/b16-6-. The van der Waals surface area contributed by atoms with E-state index in [9.17, 15) is 25.2 Å². The maximum Gasteiger partial charge on any atom is 0.271 e. The smallest absolute Gasteiger partial charge is 0.271 e. The number of amides is 1. The van der Waals surface area contributed by atoms with Crippen LogP contribution in [-0.2, 0) is 0 Å². The Labute approximate surface area is 133 Å². The van der Waals surface area contributed by atoms with Crippen molar-refractivity contribution in [2.45, 2.75) is 0 Å². The fraction of sp³-hybridized carbons (Fsp3) is 0. The molecule has 2 rings (SSSR count). The van der Waals surface area contributed by atoms with Crippen molar-refractivity contribution in [2.75, 3.05) is 0 Å². The molecule has 2 aromatic carbocycles. The summed E-state index contributed by atoms with van der Waals surface area (Å²) in [5.74, 6) is -2.53. The van der Waals surface area contributed by atoms with E-state index in [0.29, 0.717) is 10.0 Å². The van der Waals surface area contributed by atoms with E-state index in [4.69, 9.17) is 0 Å². The third-order valence-electron chi connectivity index (χ3n) is 2.68. The Bertz CT molecular complexity index is 738. The van der Waals surface area contributed by atoms with E-state index < -0.39 is 23.2 Å². The lowest BCUT2D eigenvalue weighted by Gasteiger charge is -2.04. The second-order valence-electron chi connectivity index (χ2n) is 4.27. The maximum atomic E-state index is 11.8. The van der Waals surface area contributed by atoms with Crippen LogP contribution in [0.5, 0.6) is 23.0 Å². The third-order valence-corrected chi connectivity index (χ3v) is 3.32. The minimum absolute atomic E-state index is 0.0724. The highest BCUT2D eigenvalue weighted by Crippen LogP contribution is 2.35. The molecule has 0 bridgehead atoms. The SMILES string of the molecule is O=C(N/N=C\c1ccc(O)c(Br)c1)c1cc(O)c(O)c(O)c1. The lowest BCUT2D eigenvalue weighted by Crippen LogP contribution is -2.17. The van der Waals surface area contributed by atoms with Gasteiger partial charge in [0.15, 0.2) is 17.2 Å². The first-order valence-electron chi connectivity index (χ1n) is 5.95. The number of carbonyl (C=O) groups excluding carboxylic acids is 1. The fourth-order valence-corrected chi connectivity index (χ4v) is 1.97. The van der Waals surface area contributed by atoms with E-state index in [1.807, 2.05) is 0 Å². The molecule has 0 aliphatic rings. The molecule has 0 aliphatic heterocycles. The van der Waals surface area contributed by atoms with Gasteiger partial charge < -0.3 is 20.4 Å². The number of phenolic OH excluding ortho intramolecular Hbond substituents is 4. The number of benzene rings is 2. The van der Waals surface area contributed by atoms with Crippen LogP contribution in [0.2, 0.25) is 0 Å². The molecule has 1 amide bonds. The first-order valence-corrected chi connectivity index (χ1v) is 6.74. The molecule has 0 saturated heterocycles. The van der Waals surface area contributed by atoms with Crippen molar-refractivity contribution in [3.63, 3.8) is 0 Å². The number of hydrazone groups is 1. The summed E-state index contributed by atoms with van der Waals surface area (Å²) in [4.78, 5) is 11.8. The largest absolute Gasteiger partial charge is 0.507 e. The molecule has 7 nitrogen and oxygen atoms in total. The van der Waals surface area contributed by atoms with E-state index in [1.54, 1.807) is 12.1 Å². The Morgan fingerprint density at radius 1 is 1.05 bits per heavy atom. The lowest BCUT2D eigenvalue weighted by molar-refractivity contribution is 0.0954. The number of hydrogen-bond acceptors (Lipinski definition) is 6. The van der Waals surface area contributed by atoms with Crippen molar-refractivity contribution >= 4 is 28.1 Å². The highest BCUT2D eigenvalue weighted by molar-refractivity contribution is 9.10. The second-order valence-corrected chi connectivity index (χ2v) is 5.13. The highest BCUT2D eigenvalue weighted by atomic mass is 79.9. The number of rotatable bonds is 3. The van der Waals surface area contributed by atoms with Crippen molar-refractivity contribution in [3.05, 3.63) is 45.9 Å². The van der Waals surface area contributed by atoms with Crippen LogP contribution in [0.15, 0.2) is 39.9 Å². The molecular weight excluding hydrogens is 356 g/mol. The second kappa shape index (κ2) is 6.35. The van der Waals surface area contributed by atoms with Crippen molar-refractivity contribution in [2.24, 2.45) is 5.10 Å². The van der Waals surface area contributed by atoms with Crippen LogP contribution >= 0.6 is 15.9 Å². The van der Waals surface area contributed by atoms with Gasteiger partial charge in [0.2, 0.25) is 0 Å². The first-order chi connectivity index (χ1) is 10.4. The van der Waals surface area contributed by atoms with Crippen LogP contribution in [0.25, 0.3) is 0 Å². The zero-order valence-corrected chi connectivity index (χ0v) is 12.6. The quantitative estimate of drug-likeness (QED) is 0.323. The average molecular weight is 367 g/mol. The number of nitrogens with zero attached hydrogens (tertiary/aromatic N) is 1. The number of hydrogen-bond donors (Lipinski definition) is 5. The van der Waals surface area contributed by atoms with Gasteiger partial charge in [0.1, 0.15) is 5.75 Å². The van der Waals surface area contributed by atoms with Gasteiger partial charge in [0.25, 0.3) is 5.91 Å².